The number of amides is 1. The molecule has 4 unspecified atom stereocenters. The van der Waals surface area contributed by atoms with Crippen molar-refractivity contribution in [2.45, 2.75) is 51.4 Å². The number of fused-ring (bicyclic) bond motifs is 1. The standard InChI is InChI=1S/C27H29NO6/c1-3-32-20-9-6-17(7-10-20)24-23(26(30)27(31)28(24)15-21-5-4-12-33-21)25(29)18-8-11-22-19(14-18)13-16(2)34-22/h6-11,14,16,21,23-24H,3-5,12-13,15H2,1-2H3. The first-order valence-electron chi connectivity index (χ1n) is 12.0. The first-order chi connectivity index (χ1) is 16.5. The van der Waals surface area contributed by atoms with Gasteiger partial charge in [0, 0.05) is 25.1 Å². The molecule has 0 spiro atoms. The molecule has 0 aliphatic carbocycles. The van der Waals surface area contributed by atoms with Crippen LogP contribution in [0.2, 0.25) is 0 Å². The Morgan fingerprint density at radius 2 is 1.94 bits per heavy atom. The maximum Gasteiger partial charge on any atom is 0.291 e. The lowest BCUT2D eigenvalue weighted by atomic mass is 9.85. The van der Waals surface area contributed by atoms with Crippen LogP contribution in [0, 0.1) is 5.92 Å². The smallest absolute Gasteiger partial charge is 0.291 e. The molecule has 3 aliphatic rings. The fourth-order valence-electron chi connectivity index (χ4n) is 5.25. The summed E-state index contributed by atoms with van der Waals surface area (Å²) in [4.78, 5) is 41.6. The lowest BCUT2D eigenvalue weighted by molar-refractivity contribution is -0.141. The summed E-state index contributed by atoms with van der Waals surface area (Å²) >= 11 is 0. The highest BCUT2D eigenvalue weighted by atomic mass is 16.5. The minimum atomic E-state index is -1.11. The lowest BCUT2D eigenvalue weighted by Crippen LogP contribution is -2.36. The van der Waals surface area contributed by atoms with Crippen LogP contribution in [0.1, 0.15) is 54.2 Å². The zero-order valence-corrected chi connectivity index (χ0v) is 19.5. The van der Waals surface area contributed by atoms with Gasteiger partial charge in [-0.05, 0) is 68.1 Å². The van der Waals surface area contributed by atoms with Gasteiger partial charge in [-0.15, -0.1) is 0 Å². The van der Waals surface area contributed by atoms with Gasteiger partial charge in [0.1, 0.15) is 23.5 Å². The molecule has 0 aromatic heterocycles. The van der Waals surface area contributed by atoms with Crippen molar-refractivity contribution in [1.82, 2.24) is 4.90 Å². The van der Waals surface area contributed by atoms with E-state index < -0.39 is 23.7 Å². The van der Waals surface area contributed by atoms with Crippen LogP contribution in [0.5, 0.6) is 11.5 Å². The van der Waals surface area contributed by atoms with E-state index in [0.717, 1.165) is 29.7 Å². The van der Waals surface area contributed by atoms with E-state index in [1.807, 2.05) is 38.1 Å². The predicted molar refractivity (Wildman–Crippen MR) is 124 cm³/mol. The van der Waals surface area contributed by atoms with Gasteiger partial charge in [0.15, 0.2) is 5.78 Å². The molecule has 0 N–H and O–H groups in total. The van der Waals surface area contributed by atoms with E-state index in [-0.39, 0.29) is 18.0 Å². The van der Waals surface area contributed by atoms with Gasteiger partial charge in [-0.1, -0.05) is 12.1 Å². The minimum Gasteiger partial charge on any atom is -0.494 e. The molecule has 0 bridgehead atoms. The predicted octanol–water partition coefficient (Wildman–Crippen LogP) is 3.54. The zero-order valence-electron chi connectivity index (χ0n) is 19.5. The first kappa shape index (κ1) is 22.6. The van der Waals surface area contributed by atoms with E-state index in [2.05, 4.69) is 0 Å². The minimum absolute atomic E-state index is 0.0496. The van der Waals surface area contributed by atoms with Gasteiger partial charge < -0.3 is 19.1 Å². The fourth-order valence-corrected chi connectivity index (χ4v) is 5.25. The number of ether oxygens (including phenoxy) is 3. The van der Waals surface area contributed by atoms with E-state index in [0.29, 0.717) is 37.5 Å². The normalized spacial score (nSPS) is 26.0. The number of carbonyl (C=O) groups is 3. The van der Waals surface area contributed by atoms with Crippen molar-refractivity contribution in [2.24, 2.45) is 5.92 Å². The Kier molecular flexibility index (Phi) is 6.13. The second-order valence-electron chi connectivity index (χ2n) is 9.20. The average Bonchev–Trinajstić information content (AvgIpc) is 3.53. The van der Waals surface area contributed by atoms with Crippen LogP contribution < -0.4 is 9.47 Å². The molecule has 178 valence electrons. The Bertz CT molecular complexity index is 1100. The molecule has 2 saturated heterocycles. The van der Waals surface area contributed by atoms with Crippen molar-refractivity contribution >= 4 is 17.5 Å². The molecule has 4 atom stereocenters. The van der Waals surface area contributed by atoms with Gasteiger partial charge in [-0.3, -0.25) is 14.4 Å². The topological polar surface area (TPSA) is 82.1 Å². The summed E-state index contributed by atoms with van der Waals surface area (Å²) in [6.45, 7) is 5.36. The third-order valence-corrected chi connectivity index (χ3v) is 6.83. The number of ketones is 2. The summed E-state index contributed by atoms with van der Waals surface area (Å²) in [5, 5.41) is 0. The van der Waals surface area contributed by atoms with Crippen LogP contribution in [-0.4, -0.2) is 54.3 Å². The van der Waals surface area contributed by atoms with Gasteiger partial charge in [0.2, 0.25) is 5.78 Å². The number of hydrogen-bond acceptors (Lipinski definition) is 6. The van der Waals surface area contributed by atoms with E-state index in [1.165, 1.54) is 4.90 Å². The number of nitrogens with zero attached hydrogens (tertiary/aromatic N) is 1. The van der Waals surface area contributed by atoms with Crippen molar-refractivity contribution in [2.75, 3.05) is 19.8 Å². The third-order valence-electron chi connectivity index (χ3n) is 6.83. The summed E-state index contributed by atoms with van der Waals surface area (Å²) in [7, 11) is 0. The van der Waals surface area contributed by atoms with Crippen molar-refractivity contribution in [3.63, 3.8) is 0 Å². The number of Topliss-reactive ketones (excluding diaryl/α,β-unsaturated/α-hetero) is 2. The number of carbonyl (C=O) groups excluding carboxylic acids is 3. The molecular formula is C27H29NO6. The molecule has 5 rings (SSSR count). The van der Waals surface area contributed by atoms with Gasteiger partial charge in [-0.25, -0.2) is 0 Å². The molecule has 2 aromatic carbocycles. The highest BCUT2D eigenvalue weighted by Gasteiger charge is 2.52. The number of benzene rings is 2. The molecule has 3 heterocycles. The highest BCUT2D eigenvalue weighted by molar-refractivity contribution is 6.44. The van der Waals surface area contributed by atoms with E-state index >= 15 is 0 Å². The van der Waals surface area contributed by atoms with Crippen LogP contribution in [0.3, 0.4) is 0 Å². The van der Waals surface area contributed by atoms with Gasteiger partial charge in [0.05, 0.1) is 18.8 Å². The molecule has 34 heavy (non-hydrogen) atoms. The van der Waals surface area contributed by atoms with Crippen LogP contribution in [0.4, 0.5) is 0 Å². The second-order valence-corrected chi connectivity index (χ2v) is 9.20. The maximum atomic E-state index is 13.7. The molecule has 2 aromatic rings. The first-order valence-corrected chi connectivity index (χ1v) is 12.0. The quantitative estimate of drug-likeness (QED) is 0.355. The van der Waals surface area contributed by atoms with Crippen LogP contribution in [-0.2, 0) is 20.7 Å². The highest BCUT2D eigenvalue weighted by Crippen LogP contribution is 2.40. The Labute approximate surface area is 199 Å². The molecular weight excluding hydrogens is 434 g/mol. The average molecular weight is 464 g/mol. The Hall–Kier alpha value is -3.19. The van der Waals surface area contributed by atoms with Crippen molar-refractivity contribution < 1.29 is 28.6 Å². The number of likely N-dealkylation sites (tertiary alicyclic amines) is 1. The van der Waals surface area contributed by atoms with E-state index in [4.69, 9.17) is 14.2 Å². The molecule has 2 fully saturated rings. The third kappa shape index (κ3) is 4.09. The largest absolute Gasteiger partial charge is 0.494 e. The summed E-state index contributed by atoms with van der Waals surface area (Å²) in [6.07, 6.45) is 2.38. The Morgan fingerprint density at radius 3 is 2.65 bits per heavy atom. The fraction of sp³-hybridized carbons (Fsp3) is 0.444. The van der Waals surface area contributed by atoms with Crippen molar-refractivity contribution in [1.29, 1.82) is 0 Å². The van der Waals surface area contributed by atoms with Gasteiger partial charge >= 0.3 is 0 Å². The SMILES string of the molecule is CCOc1ccc(C2C(C(=O)c3ccc4c(c3)CC(C)O4)C(=O)C(=O)N2CC2CCCO2)cc1. The summed E-state index contributed by atoms with van der Waals surface area (Å²) in [6, 6.07) is 11.9. The van der Waals surface area contributed by atoms with Crippen LogP contribution >= 0.6 is 0 Å². The molecule has 3 aliphatic heterocycles. The summed E-state index contributed by atoms with van der Waals surface area (Å²) in [5.74, 6) is -1.26. The maximum absolute atomic E-state index is 13.7. The van der Waals surface area contributed by atoms with Crippen molar-refractivity contribution in [3.8, 4) is 11.5 Å². The zero-order chi connectivity index (χ0) is 23.8. The molecule has 0 radical (unpaired) electrons. The molecule has 7 nitrogen and oxygen atoms in total. The van der Waals surface area contributed by atoms with Gasteiger partial charge in [0.25, 0.3) is 5.91 Å². The van der Waals surface area contributed by atoms with E-state index in [9.17, 15) is 14.4 Å². The van der Waals surface area contributed by atoms with Crippen molar-refractivity contribution in [3.05, 3.63) is 59.2 Å². The second kappa shape index (κ2) is 9.22. The molecule has 7 heteroatoms. The van der Waals surface area contributed by atoms with Crippen LogP contribution in [0.15, 0.2) is 42.5 Å². The van der Waals surface area contributed by atoms with Crippen LogP contribution in [0.25, 0.3) is 0 Å². The molecule has 1 amide bonds. The number of rotatable bonds is 7. The van der Waals surface area contributed by atoms with Gasteiger partial charge in [-0.2, -0.15) is 0 Å². The summed E-state index contributed by atoms with van der Waals surface area (Å²) < 4.78 is 17.1. The Morgan fingerprint density at radius 1 is 1.15 bits per heavy atom. The monoisotopic (exact) mass is 463 g/mol. The molecule has 0 saturated carbocycles. The number of hydrogen-bond donors (Lipinski definition) is 0. The Balaban J connectivity index is 1.50. The lowest BCUT2D eigenvalue weighted by Gasteiger charge is -2.29. The van der Waals surface area contributed by atoms with E-state index in [1.54, 1.807) is 18.2 Å². The summed E-state index contributed by atoms with van der Waals surface area (Å²) in [5.41, 5.74) is 2.11.